The summed E-state index contributed by atoms with van der Waals surface area (Å²) >= 11 is 6.00. The van der Waals surface area contributed by atoms with Crippen molar-refractivity contribution in [1.82, 2.24) is 9.97 Å². The fourth-order valence-electron chi connectivity index (χ4n) is 2.14. The number of nitrogens with one attached hydrogen (secondary N) is 1. The van der Waals surface area contributed by atoms with E-state index >= 15 is 0 Å². The van der Waals surface area contributed by atoms with E-state index < -0.39 is 0 Å². The highest BCUT2D eigenvalue weighted by Gasteiger charge is 2.07. The van der Waals surface area contributed by atoms with Gasteiger partial charge < -0.3 is 5.32 Å². The first-order chi connectivity index (χ1) is 9.63. The van der Waals surface area contributed by atoms with E-state index in [0.29, 0.717) is 0 Å². The minimum Gasteiger partial charge on any atom is -0.339 e. The SMILES string of the molecule is Cc1ccc(C)c(Nc2nc(Cl)nc3ccccc23)c1. The Labute approximate surface area is 122 Å². The van der Waals surface area contributed by atoms with Gasteiger partial charge in [0.1, 0.15) is 5.82 Å². The van der Waals surface area contributed by atoms with Crippen molar-refractivity contribution in [1.29, 1.82) is 0 Å². The van der Waals surface area contributed by atoms with Gasteiger partial charge in [-0.1, -0.05) is 24.3 Å². The van der Waals surface area contributed by atoms with E-state index in [1.165, 1.54) is 5.56 Å². The average Bonchev–Trinajstić information content (AvgIpc) is 2.43. The van der Waals surface area contributed by atoms with Gasteiger partial charge in [-0.05, 0) is 54.8 Å². The zero-order chi connectivity index (χ0) is 14.1. The van der Waals surface area contributed by atoms with Crippen molar-refractivity contribution in [3.05, 3.63) is 58.9 Å². The lowest BCUT2D eigenvalue weighted by Crippen LogP contribution is -1.99. The molecular weight excluding hydrogens is 270 g/mol. The summed E-state index contributed by atoms with van der Waals surface area (Å²) in [5.41, 5.74) is 4.22. The van der Waals surface area contributed by atoms with Gasteiger partial charge in [-0.15, -0.1) is 0 Å². The molecule has 2 aromatic carbocycles. The molecule has 1 N–H and O–H groups in total. The monoisotopic (exact) mass is 283 g/mol. The molecule has 0 saturated carbocycles. The van der Waals surface area contributed by atoms with Crippen LogP contribution in [-0.4, -0.2) is 9.97 Å². The van der Waals surface area contributed by atoms with E-state index in [1.807, 2.05) is 24.3 Å². The summed E-state index contributed by atoms with van der Waals surface area (Å²) in [4.78, 5) is 8.54. The number of anilines is 2. The molecule has 0 fully saturated rings. The Morgan fingerprint density at radius 3 is 2.65 bits per heavy atom. The zero-order valence-electron chi connectivity index (χ0n) is 11.3. The summed E-state index contributed by atoms with van der Waals surface area (Å²) in [6, 6.07) is 14.1. The smallest absolute Gasteiger partial charge is 0.224 e. The van der Waals surface area contributed by atoms with Crippen LogP contribution in [-0.2, 0) is 0 Å². The largest absolute Gasteiger partial charge is 0.339 e. The van der Waals surface area contributed by atoms with E-state index in [4.69, 9.17) is 11.6 Å². The molecule has 100 valence electrons. The normalized spacial score (nSPS) is 10.8. The van der Waals surface area contributed by atoms with Crippen molar-refractivity contribution in [2.24, 2.45) is 0 Å². The number of fused-ring (bicyclic) bond motifs is 1. The van der Waals surface area contributed by atoms with Crippen LogP contribution in [0.1, 0.15) is 11.1 Å². The number of rotatable bonds is 2. The lowest BCUT2D eigenvalue weighted by molar-refractivity contribution is 1.21. The maximum absolute atomic E-state index is 6.00. The summed E-state index contributed by atoms with van der Waals surface area (Å²) in [5.74, 6) is 0.731. The fourth-order valence-corrected chi connectivity index (χ4v) is 2.32. The molecule has 0 atom stereocenters. The molecule has 0 radical (unpaired) electrons. The van der Waals surface area contributed by atoms with Crippen LogP contribution in [0.3, 0.4) is 0 Å². The van der Waals surface area contributed by atoms with Gasteiger partial charge in [-0.3, -0.25) is 0 Å². The summed E-state index contributed by atoms with van der Waals surface area (Å²) in [6.45, 7) is 4.13. The van der Waals surface area contributed by atoms with Gasteiger partial charge in [-0.25, -0.2) is 4.98 Å². The van der Waals surface area contributed by atoms with Crippen molar-refractivity contribution >= 4 is 34.0 Å². The Balaban J connectivity index is 2.13. The van der Waals surface area contributed by atoms with E-state index in [2.05, 4.69) is 47.3 Å². The topological polar surface area (TPSA) is 37.8 Å². The number of aromatic nitrogens is 2. The quantitative estimate of drug-likeness (QED) is 0.696. The predicted octanol–water partition coefficient (Wildman–Crippen LogP) is 4.64. The third-order valence-electron chi connectivity index (χ3n) is 3.22. The highest BCUT2D eigenvalue weighted by atomic mass is 35.5. The Hall–Kier alpha value is -2.13. The van der Waals surface area contributed by atoms with Crippen LogP contribution >= 0.6 is 11.6 Å². The van der Waals surface area contributed by atoms with E-state index in [-0.39, 0.29) is 5.28 Å². The van der Waals surface area contributed by atoms with Crippen molar-refractivity contribution < 1.29 is 0 Å². The average molecular weight is 284 g/mol. The number of hydrogen-bond donors (Lipinski definition) is 1. The van der Waals surface area contributed by atoms with E-state index in [0.717, 1.165) is 28.0 Å². The Morgan fingerprint density at radius 1 is 1.00 bits per heavy atom. The van der Waals surface area contributed by atoms with Gasteiger partial charge in [0.05, 0.1) is 5.52 Å². The summed E-state index contributed by atoms with van der Waals surface area (Å²) in [7, 11) is 0. The Kier molecular flexibility index (Phi) is 3.28. The highest BCUT2D eigenvalue weighted by molar-refractivity contribution is 6.28. The number of aryl methyl sites for hydroxylation is 2. The van der Waals surface area contributed by atoms with Gasteiger partial charge in [0, 0.05) is 11.1 Å². The first-order valence-corrected chi connectivity index (χ1v) is 6.78. The molecule has 0 amide bonds. The van der Waals surface area contributed by atoms with Gasteiger partial charge >= 0.3 is 0 Å². The number of halogens is 1. The van der Waals surface area contributed by atoms with Gasteiger partial charge in [0.15, 0.2) is 0 Å². The molecule has 0 saturated heterocycles. The standard InChI is InChI=1S/C16H14ClN3/c1-10-7-8-11(2)14(9-10)18-15-12-5-3-4-6-13(12)19-16(17)20-15/h3-9H,1-2H3,(H,18,19,20). The number of para-hydroxylation sites is 1. The molecule has 0 aliphatic heterocycles. The van der Waals surface area contributed by atoms with Crippen LogP contribution in [0.2, 0.25) is 5.28 Å². The fraction of sp³-hybridized carbons (Fsp3) is 0.125. The van der Waals surface area contributed by atoms with Gasteiger partial charge in [0.25, 0.3) is 0 Å². The minimum atomic E-state index is 0.247. The lowest BCUT2D eigenvalue weighted by atomic mass is 10.1. The predicted molar refractivity (Wildman–Crippen MR) is 83.7 cm³/mol. The summed E-state index contributed by atoms with van der Waals surface area (Å²) in [5, 5.41) is 4.56. The molecule has 20 heavy (non-hydrogen) atoms. The molecular formula is C16H14ClN3. The van der Waals surface area contributed by atoms with E-state index in [9.17, 15) is 0 Å². The van der Waals surface area contributed by atoms with Crippen molar-refractivity contribution in [3.8, 4) is 0 Å². The highest BCUT2D eigenvalue weighted by Crippen LogP contribution is 2.27. The first-order valence-electron chi connectivity index (χ1n) is 6.40. The van der Waals surface area contributed by atoms with Crippen LogP contribution in [0, 0.1) is 13.8 Å². The molecule has 0 aliphatic carbocycles. The Morgan fingerprint density at radius 2 is 1.80 bits per heavy atom. The molecule has 3 rings (SSSR count). The van der Waals surface area contributed by atoms with Crippen molar-refractivity contribution in [2.45, 2.75) is 13.8 Å². The number of benzene rings is 2. The number of nitrogens with zero attached hydrogens (tertiary/aromatic N) is 2. The van der Waals surface area contributed by atoms with Crippen molar-refractivity contribution in [2.75, 3.05) is 5.32 Å². The van der Waals surface area contributed by atoms with Gasteiger partial charge in [0.2, 0.25) is 5.28 Å². The maximum Gasteiger partial charge on any atom is 0.224 e. The van der Waals surface area contributed by atoms with E-state index in [1.54, 1.807) is 0 Å². The van der Waals surface area contributed by atoms with Gasteiger partial charge in [-0.2, -0.15) is 4.98 Å². The molecule has 3 aromatic rings. The lowest BCUT2D eigenvalue weighted by Gasteiger charge is -2.12. The minimum absolute atomic E-state index is 0.247. The molecule has 0 bridgehead atoms. The second kappa shape index (κ2) is 5.10. The summed E-state index contributed by atoms with van der Waals surface area (Å²) < 4.78 is 0. The Bertz CT molecular complexity index is 784. The van der Waals surface area contributed by atoms with Crippen LogP contribution in [0.4, 0.5) is 11.5 Å². The first kappa shape index (κ1) is 12.9. The molecule has 3 nitrogen and oxygen atoms in total. The van der Waals surface area contributed by atoms with Crippen molar-refractivity contribution in [3.63, 3.8) is 0 Å². The second-order valence-corrected chi connectivity index (χ2v) is 5.14. The van der Waals surface area contributed by atoms with Crippen LogP contribution in [0.5, 0.6) is 0 Å². The zero-order valence-corrected chi connectivity index (χ0v) is 12.1. The molecule has 1 aromatic heterocycles. The molecule has 0 spiro atoms. The molecule has 4 heteroatoms. The molecule has 1 heterocycles. The molecule has 0 unspecified atom stereocenters. The summed E-state index contributed by atoms with van der Waals surface area (Å²) in [6.07, 6.45) is 0. The number of hydrogen-bond acceptors (Lipinski definition) is 3. The van der Waals surface area contributed by atoms with Crippen LogP contribution in [0.25, 0.3) is 10.9 Å². The van der Waals surface area contributed by atoms with Crippen LogP contribution in [0.15, 0.2) is 42.5 Å². The third-order valence-corrected chi connectivity index (χ3v) is 3.39. The third kappa shape index (κ3) is 2.45. The van der Waals surface area contributed by atoms with Crippen LogP contribution < -0.4 is 5.32 Å². The maximum atomic E-state index is 6.00. The molecule has 0 aliphatic rings. The second-order valence-electron chi connectivity index (χ2n) is 4.80.